The van der Waals surface area contributed by atoms with Gasteiger partial charge in [-0.15, -0.1) is 0 Å². The van der Waals surface area contributed by atoms with Crippen LogP contribution in [0.5, 0.6) is 0 Å². The lowest BCUT2D eigenvalue weighted by molar-refractivity contribution is -0.120. The first-order valence-electron chi connectivity index (χ1n) is 11.5. The fraction of sp³-hybridized carbons (Fsp3) is 0.385. The molecule has 0 fully saturated rings. The molecule has 0 radical (unpaired) electrons. The largest absolute Gasteiger partial charge is 0.390 e. The minimum atomic E-state index is -0.946. The number of amides is 1. The molecule has 4 rings (SSSR count). The summed E-state index contributed by atoms with van der Waals surface area (Å²) in [6, 6.07) is 8.97. The van der Waals surface area contributed by atoms with Crippen LogP contribution < -0.4 is 10.6 Å². The summed E-state index contributed by atoms with van der Waals surface area (Å²) in [5, 5.41) is 17.1. The summed E-state index contributed by atoms with van der Waals surface area (Å²) in [6.07, 6.45) is 5.79. The van der Waals surface area contributed by atoms with Crippen molar-refractivity contribution >= 4 is 5.91 Å². The average Bonchev–Trinajstić information content (AvgIpc) is 3.21. The van der Waals surface area contributed by atoms with Crippen LogP contribution in [0.2, 0.25) is 0 Å². The maximum Gasteiger partial charge on any atom is 0.217 e. The van der Waals surface area contributed by atoms with Gasteiger partial charge in [0.25, 0.3) is 0 Å². The average molecular weight is 469 g/mol. The molecule has 1 amide bonds. The van der Waals surface area contributed by atoms with Gasteiger partial charge in [0.1, 0.15) is 17.5 Å². The van der Waals surface area contributed by atoms with Gasteiger partial charge in [0.2, 0.25) is 5.91 Å². The summed E-state index contributed by atoms with van der Waals surface area (Å²) in [5.41, 5.74) is 3.86. The smallest absolute Gasteiger partial charge is 0.217 e. The number of benzene rings is 2. The van der Waals surface area contributed by atoms with E-state index in [0.717, 1.165) is 36.7 Å². The van der Waals surface area contributed by atoms with E-state index < -0.39 is 23.8 Å². The van der Waals surface area contributed by atoms with Gasteiger partial charge < -0.3 is 20.3 Å². The van der Waals surface area contributed by atoms with Crippen molar-refractivity contribution in [2.75, 3.05) is 6.54 Å². The first-order valence-corrected chi connectivity index (χ1v) is 11.5. The van der Waals surface area contributed by atoms with E-state index in [1.807, 2.05) is 17.8 Å². The van der Waals surface area contributed by atoms with Gasteiger partial charge in [0, 0.05) is 50.6 Å². The normalized spacial score (nSPS) is 17.1. The number of imidazole rings is 1. The monoisotopic (exact) mass is 468 g/mol. The van der Waals surface area contributed by atoms with Crippen molar-refractivity contribution in [1.29, 1.82) is 0 Å². The molecular weight excluding hydrogens is 438 g/mol. The Morgan fingerprint density at radius 3 is 2.68 bits per heavy atom. The predicted molar refractivity (Wildman–Crippen MR) is 126 cm³/mol. The Hall–Kier alpha value is -3.10. The molecule has 34 heavy (non-hydrogen) atoms. The number of halogens is 2. The van der Waals surface area contributed by atoms with Crippen molar-refractivity contribution in [2.24, 2.45) is 7.05 Å². The molecule has 1 aliphatic rings. The van der Waals surface area contributed by atoms with Gasteiger partial charge in [-0.25, -0.2) is 13.8 Å². The Morgan fingerprint density at radius 1 is 1.24 bits per heavy atom. The number of hydrogen-bond donors (Lipinski definition) is 3. The van der Waals surface area contributed by atoms with Crippen LogP contribution in [-0.4, -0.2) is 39.3 Å². The van der Waals surface area contributed by atoms with Crippen LogP contribution in [-0.2, 0) is 24.7 Å². The number of rotatable bonds is 8. The van der Waals surface area contributed by atoms with Crippen LogP contribution in [0.1, 0.15) is 42.5 Å². The zero-order chi connectivity index (χ0) is 24.2. The molecule has 8 heteroatoms. The molecule has 2 aromatic carbocycles. The van der Waals surface area contributed by atoms with E-state index >= 15 is 0 Å². The number of carbonyl (C=O) groups is 1. The molecule has 0 spiro atoms. The minimum absolute atomic E-state index is 0.0446. The van der Waals surface area contributed by atoms with Gasteiger partial charge in [-0.2, -0.15) is 0 Å². The highest BCUT2D eigenvalue weighted by atomic mass is 19.1. The van der Waals surface area contributed by atoms with Crippen LogP contribution >= 0.6 is 0 Å². The van der Waals surface area contributed by atoms with Crippen molar-refractivity contribution in [2.45, 2.75) is 50.8 Å². The van der Waals surface area contributed by atoms with E-state index in [1.54, 1.807) is 6.20 Å². The molecule has 6 nitrogen and oxygen atoms in total. The van der Waals surface area contributed by atoms with Gasteiger partial charge >= 0.3 is 0 Å². The van der Waals surface area contributed by atoms with E-state index in [0.29, 0.717) is 5.56 Å². The molecule has 3 aromatic rings. The van der Waals surface area contributed by atoms with Crippen molar-refractivity contribution < 1.29 is 18.7 Å². The van der Waals surface area contributed by atoms with E-state index in [4.69, 9.17) is 0 Å². The molecule has 1 unspecified atom stereocenters. The molecule has 3 atom stereocenters. The van der Waals surface area contributed by atoms with Crippen molar-refractivity contribution in [1.82, 2.24) is 20.2 Å². The molecule has 0 saturated carbocycles. The van der Waals surface area contributed by atoms with E-state index in [2.05, 4.69) is 33.8 Å². The number of aliphatic hydroxyl groups is 1. The summed E-state index contributed by atoms with van der Waals surface area (Å²) in [7, 11) is 1.96. The topological polar surface area (TPSA) is 79.2 Å². The summed E-state index contributed by atoms with van der Waals surface area (Å²) in [5.74, 6) is -0.804. The molecule has 0 aliphatic heterocycles. The summed E-state index contributed by atoms with van der Waals surface area (Å²) >= 11 is 0. The predicted octanol–water partition coefficient (Wildman–Crippen LogP) is 3.44. The zero-order valence-electron chi connectivity index (χ0n) is 19.4. The van der Waals surface area contributed by atoms with Gasteiger partial charge in [-0.05, 0) is 60.6 Å². The van der Waals surface area contributed by atoms with Crippen LogP contribution in [0.3, 0.4) is 0 Å². The SMILES string of the molecule is CC(=O)N[C@@H](Cc1cc(F)cc(F)c1)[C@H](O)CNC1CCCc2ccc(-c3nccn3C)cc21. The molecule has 1 heterocycles. The maximum atomic E-state index is 13.6. The lowest BCUT2D eigenvalue weighted by Crippen LogP contribution is -2.48. The Labute approximate surface area is 198 Å². The Morgan fingerprint density at radius 2 is 2.00 bits per heavy atom. The third-order valence-corrected chi connectivity index (χ3v) is 6.34. The Kier molecular flexibility index (Phi) is 7.38. The fourth-order valence-electron chi connectivity index (χ4n) is 4.73. The highest BCUT2D eigenvalue weighted by molar-refractivity contribution is 5.73. The van der Waals surface area contributed by atoms with Crippen LogP contribution in [0.4, 0.5) is 8.78 Å². The van der Waals surface area contributed by atoms with Gasteiger partial charge in [0.15, 0.2) is 0 Å². The fourth-order valence-corrected chi connectivity index (χ4v) is 4.73. The van der Waals surface area contributed by atoms with E-state index in [9.17, 15) is 18.7 Å². The van der Waals surface area contributed by atoms with E-state index in [-0.39, 0.29) is 24.9 Å². The second-order valence-corrected chi connectivity index (χ2v) is 8.98. The lowest BCUT2D eigenvalue weighted by Gasteiger charge is -2.30. The first-order chi connectivity index (χ1) is 16.3. The minimum Gasteiger partial charge on any atom is -0.390 e. The van der Waals surface area contributed by atoms with Crippen molar-refractivity contribution in [3.63, 3.8) is 0 Å². The van der Waals surface area contributed by atoms with Gasteiger partial charge in [-0.3, -0.25) is 4.79 Å². The molecule has 1 aromatic heterocycles. The number of hydrogen-bond acceptors (Lipinski definition) is 4. The van der Waals surface area contributed by atoms with Crippen molar-refractivity contribution in [3.8, 4) is 11.4 Å². The molecule has 0 bridgehead atoms. The van der Waals surface area contributed by atoms with Crippen LogP contribution in [0, 0.1) is 11.6 Å². The molecule has 1 aliphatic carbocycles. The molecular formula is C26H30F2N4O2. The van der Waals surface area contributed by atoms with Crippen molar-refractivity contribution in [3.05, 3.63) is 77.1 Å². The lowest BCUT2D eigenvalue weighted by atomic mass is 9.86. The van der Waals surface area contributed by atoms with Crippen LogP contribution in [0.25, 0.3) is 11.4 Å². The molecule has 3 N–H and O–H groups in total. The highest BCUT2D eigenvalue weighted by Gasteiger charge is 2.25. The third-order valence-electron chi connectivity index (χ3n) is 6.34. The number of aromatic nitrogens is 2. The molecule has 180 valence electrons. The highest BCUT2D eigenvalue weighted by Crippen LogP contribution is 2.33. The summed E-state index contributed by atoms with van der Waals surface area (Å²) < 4.78 is 29.2. The van der Waals surface area contributed by atoms with Gasteiger partial charge in [0.05, 0.1) is 12.1 Å². The number of carbonyl (C=O) groups excluding carboxylic acids is 1. The van der Waals surface area contributed by atoms with Gasteiger partial charge in [-0.1, -0.05) is 12.1 Å². The number of aliphatic hydroxyl groups excluding tert-OH is 1. The summed E-state index contributed by atoms with van der Waals surface area (Å²) in [4.78, 5) is 16.2. The second kappa shape index (κ2) is 10.4. The quantitative estimate of drug-likeness (QED) is 0.473. The number of fused-ring (bicyclic) bond motifs is 1. The van der Waals surface area contributed by atoms with Crippen LogP contribution in [0.15, 0.2) is 48.8 Å². The Balaban J connectivity index is 1.48. The number of nitrogens with zero attached hydrogens (tertiary/aromatic N) is 2. The third kappa shape index (κ3) is 5.69. The zero-order valence-corrected chi connectivity index (χ0v) is 19.4. The Bertz CT molecular complexity index is 1140. The number of aryl methyl sites for hydroxylation is 2. The number of nitrogens with one attached hydrogen (secondary N) is 2. The standard InChI is InChI=1S/C26H30F2N4O2/c1-16(33)31-24(12-17-10-20(27)14-21(28)11-17)25(34)15-30-23-5-3-4-18-6-7-19(13-22(18)23)26-29-8-9-32(26)2/h6-11,13-14,23-25,30,34H,3-5,12,15H2,1-2H3,(H,31,33)/t23?,24-,25+/m0/s1. The maximum absolute atomic E-state index is 13.6. The second-order valence-electron chi connectivity index (χ2n) is 8.98. The van der Waals surface area contributed by atoms with E-state index in [1.165, 1.54) is 30.2 Å². The first kappa shape index (κ1) is 24.0. The molecule has 0 saturated heterocycles. The summed E-state index contributed by atoms with van der Waals surface area (Å²) in [6.45, 7) is 1.58.